The molecule has 2 N–H and O–H groups in total. The van der Waals surface area contributed by atoms with Crippen LogP contribution in [0.1, 0.15) is 11.1 Å². The fraction of sp³-hybridized carbons (Fsp3) is 0.0435. The van der Waals surface area contributed by atoms with E-state index in [1.54, 1.807) is 18.2 Å². The van der Waals surface area contributed by atoms with Crippen molar-refractivity contribution < 1.29 is 9.18 Å². The van der Waals surface area contributed by atoms with Crippen molar-refractivity contribution in [2.75, 3.05) is 0 Å². The van der Waals surface area contributed by atoms with Crippen LogP contribution < -0.4 is 5.32 Å². The predicted octanol–water partition coefficient (Wildman–Crippen LogP) is 5.35. The number of halogens is 2. The molecule has 0 aliphatic carbocycles. The summed E-state index contributed by atoms with van der Waals surface area (Å²) in [5.74, 6) is 0.193. The Morgan fingerprint density at radius 1 is 1.10 bits per heavy atom. The molecule has 0 radical (unpaired) electrons. The highest BCUT2D eigenvalue weighted by atomic mass is 35.5. The molecular formula is C23H17ClFN3O. The number of benzene rings is 3. The molecule has 4 aromatic rings. The molecule has 0 unspecified atom stereocenters. The number of hydrogen-bond acceptors (Lipinski definition) is 2. The van der Waals surface area contributed by atoms with Crippen LogP contribution >= 0.6 is 11.6 Å². The number of aromatic nitrogens is 2. The van der Waals surface area contributed by atoms with E-state index in [1.807, 2.05) is 42.5 Å². The van der Waals surface area contributed by atoms with Gasteiger partial charge in [0, 0.05) is 23.2 Å². The number of nitrogens with one attached hydrogen (secondary N) is 2. The van der Waals surface area contributed by atoms with Gasteiger partial charge >= 0.3 is 0 Å². The third-order valence-electron chi connectivity index (χ3n) is 4.41. The monoisotopic (exact) mass is 405 g/mol. The number of carbonyl (C=O) groups excluding carboxylic acids is 1. The van der Waals surface area contributed by atoms with Gasteiger partial charge in [-0.25, -0.2) is 9.37 Å². The molecule has 0 aliphatic rings. The van der Waals surface area contributed by atoms with Crippen molar-refractivity contribution in [3.05, 3.63) is 94.8 Å². The first kappa shape index (κ1) is 18.9. The van der Waals surface area contributed by atoms with Gasteiger partial charge in [-0.1, -0.05) is 48.0 Å². The fourth-order valence-corrected chi connectivity index (χ4v) is 3.11. The highest BCUT2D eigenvalue weighted by Gasteiger charge is 2.05. The molecule has 0 fully saturated rings. The van der Waals surface area contributed by atoms with E-state index in [4.69, 9.17) is 11.6 Å². The van der Waals surface area contributed by atoms with Gasteiger partial charge in [0.25, 0.3) is 0 Å². The molecule has 0 spiro atoms. The zero-order valence-corrected chi connectivity index (χ0v) is 16.1. The Hall–Kier alpha value is -3.44. The van der Waals surface area contributed by atoms with Crippen molar-refractivity contribution in [1.82, 2.24) is 15.3 Å². The molecular weight excluding hydrogens is 389 g/mol. The van der Waals surface area contributed by atoms with E-state index in [0.717, 1.165) is 28.0 Å². The molecule has 1 heterocycles. The Kier molecular flexibility index (Phi) is 5.40. The summed E-state index contributed by atoms with van der Waals surface area (Å²) < 4.78 is 13.2. The average Bonchev–Trinajstić information content (AvgIpc) is 3.14. The van der Waals surface area contributed by atoms with Gasteiger partial charge in [-0.3, -0.25) is 4.79 Å². The number of amides is 1. The van der Waals surface area contributed by atoms with Gasteiger partial charge < -0.3 is 10.3 Å². The minimum atomic E-state index is -0.320. The van der Waals surface area contributed by atoms with E-state index < -0.39 is 0 Å². The maximum atomic E-state index is 13.2. The van der Waals surface area contributed by atoms with Crippen molar-refractivity contribution in [3.63, 3.8) is 0 Å². The van der Waals surface area contributed by atoms with Crippen LogP contribution in [0.15, 0.2) is 72.8 Å². The van der Waals surface area contributed by atoms with Crippen LogP contribution in [0.25, 0.3) is 28.5 Å². The lowest BCUT2D eigenvalue weighted by molar-refractivity contribution is -0.116. The highest BCUT2D eigenvalue weighted by Crippen LogP contribution is 2.23. The van der Waals surface area contributed by atoms with Gasteiger partial charge in [-0.2, -0.15) is 0 Å². The number of fused-ring (bicyclic) bond motifs is 1. The fourth-order valence-electron chi connectivity index (χ4n) is 2.94. The topological polar surface area (TPSA) is 57.8 Å². The van der Waals surface area contributed by atoms with Crippen LogP contribution in [0, 0.1) is 5.82 Å². The zero-order chi connectivity index (χ0) is 20.2. The molecule has 0 saturated heterocycles. The smallest absolute Gasteiger partial charge is 0.244 e. The normalized spacial score (nSPS) is 11.2. The first-order valence-electron chi connectivity index (χ1n) is 9.03. The lowest BCUT2D eigenvalue weighted by Crippen LogP contribution is -2.20. The van der Waals surface area contributed by atoms with Crippen LogP contribution in [0.3, 0.4) is 0 Å². The average molecular weight is 406 g/mol. The van der Waals surface area contributed by atoms with E-state index >= 15 is 0 Å². The number of carbonyl (C=O) groups is 1. The zero-order valence-electron chi connectivity index (χ0n) is 15.3. The first-order chi connectivity index (χ1) is 14.1. The summed E-state index contributed by atoms with van der Waals surface area (Å²) in [6.07, 6.45) is 3.18. The first-order valence-corrected chi connectivity index (χ1v) is 9.41. The lowest BCUT2D eigenvalue weighted by Gasteiger charge is -2.02. The Morgan fingerprint density at radius 2 is 1.93 bits per heavy atom. The van der Waals surface area contributed by atoms with Crippen molar-refractivity contribution in [1.29, 1.82) is 0 Å². The maximum Gasteiger partial charge on any atom is 0.244 e. The Bertz CT molecular complexity index is 1200. The molecule has 29 heavy (non-hydrogen) atoms. The molecule has 144 valence electrons. The summed E-state index contributed by atoms with van der Waals surface area (Å²) in [6.45, 7) is 0.274. The Balaban J connectivity index is 1.40. The summed E-state index contributed by atoms with van der Waals surface area (Å²) >= 11 is 6.01. The summed E-state index contributed by atoms with van der Waals surface area (Å²) in [5, 5.41) is 3.39. The summed E-state index contributed by atoms with van der Waals surface area (Å²) in [4.78, 5) is 19.8. The molecule has 0 aliphatic heterocycles. The summed E-state index contributed by atoms with van der Waals surface area (Å²) in [7, 11) is 0. The van der Waals surface area contributed by atoms with E-state index in [2.05, 4.69) is 15.3 Å². The number of nitrogens with zero attached hydrogens (tertiary/aromatic N) is 1. The van der Waals surface area contributed by atoms with Gasteiger partial charge in [0.05, 0.1) is 11.0 Å². The molecule has 1 amide bonds. The SMILES string of the molecule is O=C(/C=C/c1ccc(-c2nc3ccc(Cl)cc3[nH]2)cc1)NCc1cccc(F)c1. The number of aromatic amines is 1. The number of imidazole rings is 1. The molecule has 0 saturated carbocycles. The van der Waals surface area contributed by atoms with Crippen molar-refractivity contribution >= 4 is 34.6 Å². The van der Waals surface area contributed by atoms with Gasteiger partial charge in [-0.05, 0) is 47.5 Å². The highest BCUT2D eigenvalue weighted by molar-refractivity contribution is 6.31. The number of hydrogen-bond donors (Lipinski definition) is 2. The minimum absolute atomic E-state index is 0.243. The third kappa shape index (κ3) is 4.70. The van der Waals surface area contributed by atoms with Crippen molar-refractivity contribution in [2.45, 2.75) is 6.54 Å². The molecule has 4 rings (SSSR count). The Morgan fingerprint density at radius 3 is 2.72 bits per heavy atom. The van der Waals surface area contributed by atoms with Crippen LogP contribution in [-0.2, 0) is 11.3 Å². The van der Waals surface area contributed by atoms with E-state index in [9.17, 15) is 9.18 Å². The van der Waals surface area contributed by atoms with E-state index in [-0.39, 0.29) is 18.3 Å². The summed E-state index contributed by atoms with van der Waals surface area (Å²) in [6, 6.07) is 19.4. The number of H-pyrrole nitrogens is 1. The molecule has 1 aromatic heterocycles. The van der Waals surface area contributed by atoms with Crippen LogP contribution in [-0.4, -0.2) is 15.9 Å². The van der Waals surface area contributed by atoms with Crippen LogP contribution in [0.5, 0.6) is 0 Å². The van der Waals surface area contributed by atoms with Gasteiger partial charge in [0.1, 0.15) is 11.6 Å². The predicted molar refractivity (Wildman–Crippen MR) is 114 cm³/mol. The van der Waals surface area contributed by atoms with Crippen LogP contribution in [0.4, 0.5) is 4.39 Å². The standard InChI is InChI=1S/C23H17ClFN3O/c24-18-9-10-20-21(13-18)28-23(27-20)17-7-4-15(5-8-17)6-11-22(29)26-14-16-2-1-3-19(25)12-16/h1-13H,14H2,(H,26,29)(H,27,28)/b11-6+. The molecule has 0 bridgehead atoms. The third-order valence-corrected chi connectivity index (χ3v) is 4.65. The molecule has 6 heteroatoms. The van der Waals surface area contributed by atoms with Gasteiger partial charge in [-0.15, -0.1) is 0 Å². The van der Waals surface area contributed by atoms with Crippen molar-refractivity contribution in [3.8, 4) is 11.4 Å². The second kappa shape index (κ2) is 8.29. The molecule has 3 aromatic carbocycles. The second-order valence-electron chi connectivity index (χ2n) is 6.55. The lowest BCUT2D eigenvalue weighted by atomic mass is 10.1. The van der Waals surface area contributed by atoms with E-state index in [0.29, 0.717) is 10.6 Å². The maximum absolute atomic E-state index is 13.2. The van der Waals surface area contributed by atoms with Gasteiger partial charge in [0.15, 0.2) is 0 Å². The van der Waals surface area contributed by atoms with Crippen LogP contribution in [0.2, 0.25) is 5.02 Å². The second-order valence-corrected chi connectivity index (χ2v) is 6.99. The number of rotatable bonds is 5. The van der Waals surface area contributed by atoms with Gasteiger partial charge in [0.2, 0.25) is 5.91 Å². The largest absolute Gasteiger partial charge is 0.348 e. The molecule has 0 atom stereocenters. The molecule has 4 nitrogen and oxygen atoms in total. The minimum Gasteiger partial charge on any atom is -0.348 e. The summed E-state index contributed by atoms with van der Waals surface area (Å²) in [5.41, 5.74) is 4.26. The Labute approximate surface area is 172 Å². The van der Waals surface area contributed by atoms with Crippen molar-refractivity contribution in [2.24, 2.45) is 0 Å². The quantitative estimate of drug-likeness (QED) is 0.439. The van der Waals surface area contributed by atoms with E-state index in [1.165, 1.54) is 18.2 Å².